The second kappa shape index (κ2) is 7.40. The highest BCUT2D eigenvalue weighted by atomic mass is 16.2. The molecule has 0 saturated carbocycles. The number of hydrogen-bond donors (Lipinski definition) is 1. The highest BCUT2D eigenvalue weighted by molar-refractivity contribution is 6.01. The van der Waals surface area contributed by atoms with Gasteiger partial charge in [-0.3, -0.25) is 14.7 Å². The van der Waals surface area contributed by atoms with Crippen LogP contribution < -0.4 is 5.32 Å². The first-order valence-electron chi connectivity index (χ1n) is 10.1. The van der Waals surface area contributed by atoms with Crippen LogP contribution in [0.5, 0.6) is 0 Å². The van der Waals surface area contributed by atoms with E-state index in [1.807, 2.05) is 47.9 Å². The normalized spacial score (nSPS) is 20.9. The largest absolute Gasteiger partial charge is 0.319 e. The number of para-hydroxylation sites is 1. The summed E-state index contributed by atoms with van der Waals surface area (Å²) >= 11 is 0. The number of carbonyl (C=O) groups is 1. The molecule has 1 aromatic carbocycles. The molecule has 4 heterocycles. The summed E-state index contributed by atoms with van der Waals surface area (Å²) in [4.78, 5) is 19.8. The van der Waals surface area contributed by atoms with E-state index in [9.17, 15) is 4.79 Å². The van der Waals surface area contributed by atoms with Gasteiger partial charge < -0.3 is 9.88 Å². The highest BCUT2D eigenvalue weighted by Crippen LogP contribution is 2.33. The van der Waals surface area contributed by atoms with Crippen molar-refractivity contribution in [1.82, 2.24) is 24.6 Å². The molecule has 3 aromatic rings. The van der Waals surface area contributed by atoms with Crippen LogP contribution >= 0.6 is 0 Å². The summed E-state index contributed by atoms with van der Waals surface area (Å²) < 4.78 is 2.01. The van der Waals surface area contributed by atoms with Gasteiger partial charge in [-0.2, -0.15) is 0 Å². The zero-order valence-electron chi connectivity index (χ0n) is 16.5. The molecule has 7 nitrogen and oxygen atoms in total. The van der Waals surface area contributed by atoms with E-state index in [1.54, 1.807) is 0 Å². The smallest absolute Gasteiger partial charge is 0.293 e. The summed E-state index contributed by atoms with van der Waals surface area (Å²) in [6, 6.07) is 15.7. The fourth-order valence-electron chi connectivity index (χ4n) is 4.54. The van der Waals surface area contributed by atoms with Crippen LogP contribution in [-0.4, -0.2) is 43.6 Å². The van der Waals surface area contributed by atoms with Gasteiger partial charge in [0.05, 0.1) is 5.69 Å². The first-order valence-corrected chi connectivity index (χ1v) is 10.1. The van der Waals surface area contributed by atoms with Gasteiger partial charge in [0.1, 0.15) is 5.82 Å². The van der Waals surface area contributed by atoms with Crippen LogP contribution in [0.25, 0.3) is 0 Å². The minimum Gasteiger partial charge on any atom is -0.319 e. The van der Waals surface area contributed by atoms with Gasteiger partial charge in [-0.15, -0.1) is 10.2 Å². The van der Waals surface area contributed by atoms with E-state index in [2.05, 4.69) is 37.5 Å². The topological polar surface area (TPSA) is 75.9 Å². The third kappa shape index (κ3) is 3.65. The second-order valence-corrected chi connectivity index (χ2v) is 8.06. The van der Waals surface area contributed by atoms with Crippen molar-refractivity contribution in [1.29, 1.82) is 0 Å². The van der Waals surface area contributed by atoms with Crippen LogP contribution in [0, 0.1) is 18.8 Å². The van der Waals surface area contributed by atoms with Crippen molar-refractivity contribution in [2.45, 2.75) is 26.4 Å². The molecule has 0 unspecified atom stereocenters. The molecule has 0 aliphatic carbocycles. The first-order chi connectivity index (χ1) is 14.2. The van der Waals surface area contributed by atoms with E-state index >= 15 is 0 Å². The van der Waals surface area contributed by atoms with Gasteiger partial charge in [-0.25, -0.2) is 0 Å². The van der Waals surface area contributed by atoms with Crippen molar-refractivity contribution in [3.63, 3.8) is 0 Å². The molecule has 29 heavy (non-hydrogen) atoms. The summed E-state index contributed by atoms with van der Waals surface area (Å²) in [5.74, 6) is 2.18. The van der Waals surface area contributed by atoms with E-state index in [1.165, 1.54) is 0 Å². The van der Waals surface area contributed by atoms with Gasteiger partial charge in [0.15, 0.2) is 0 Å². The maximum absolute atomic E-state index is 12.7. The molecular formula is C22H24N6O. The van der Waals surface area contributed by atoms with Crippen LogP contribution in [0.1, 0.15) is 27.8 Å². The molecule has 2 aliphatic rings. The predicted molar refractivity (Wildman–Crippen MR) is 109 cm³/mol. The van der Waals surface area contributed by atoms with Crippen molar-refractivity contribution in [3.05, 3.63) is 71.6 Å². The van der Waals surface area contributed by atoms with Crippen molar-refractivity contribution < 1.29 is 4.79 Å². The number of aromatic nitrogens is 4. The monoisotopic (exact) mass is 388 g/mol. The van der Waals surface area contributed by atoms with E-state index in [-0.39, 0.29) is 5.91 Å². The fourth-order valence-corrected chi connectivity index (χ4v) is 4.54. The molecule has 0 radical (unpaired) electrons. The minimum absolute atomic E-state index is 0.202. The zero-order valence-corrected chi connectivity index (χ0v) is 16.5. The summed E-state index contributed by atoms with van der Waals surface area (Å²) in [6.45, 7) is 5.75. The lowest BCUT2D eigenvalue weighted by molar-refractivity contribution is 0.100. The molecule has 7 heteroatoms. The Morgan fingerprint density at radius 1 is 1.03 bits per heavy atom. The molecule has 1 N–H and O–H groups in total. The molecule has 148 valence electrons. The lowest BCUT2D eigenvalue weighted by Crippen LogP contribution is -2.31. The van der Waals surface area contributed by atoms with Crippen molar-refractivity contribution >= 4 is 11.6 Å². The predicted octanol–water partition coefficient (Wildman–Crippen LogP) is 2.54. The number of carbonyl (C=O) groups excluding carboxylic acids is 1. The number of fused-ring (bicyclic) bond motifs is 2. The Labute approximate surface area is 169 Å². The van der Waals surface area contributed by atoms with Crippen molar-refractivity contribution in [2.75, 3.05) is 18.4 Å². The van der Waals surface area contributed by atoms with Crippen LogP contribution in [0.3, 0.4) is 0 Å². The summed E-state index contributed by atoms with van der Waals surface area (Å²) in [6.07, 6.45) is 0.869. The van der Waals surface area contributed by atoms with E-state index in [4.69, 9.17) is 0 Å². The Bertz CT molecular complexity index is 1030. The lowest BCUT2D eigenvalue weighted by Gasteiger charge is -2.25. The Morgan fingerprint density at radius 2 is 1.86 bits per heavy atom. The van der Waals surface area contributed by atoms with Gasteiger partial charge in [0.25, 0.3) is 5.91 Å². The number of nitrogens with one attached hydrogen (secondary N) is 1. The zero-order chi connectivity index (χ0) is 19.8. The Hall–Kier alpha value is -3.06. The SMILES string of the molecule is Cc1cccc(CN2C[C@@H]3Cn4c(nnc4C(=O)Nc4ccccc4)C[C@H]3C2)n1. The summed E-state index contributed by atoms with van der Waals surface area (Å²) in [7, 11) is 0. The number of hydrogen-bond acceptors (Lipinski definition) is 5. The number of amides is 1. The van der Waals surface area contributed by atoms with Gasteiger partial charge in [-0.05, 0) is 43.0 Å². The summed E-state index contributed by atoms with van der Waals surface area (Å²) in [5.41, 5.74) is 2.94. The fraction of sp³-hybridized carbons (Fsp3) is 0.364. The molecule has 2 aliphatic heterocycles. The van der Waals surface area contributed by atoms with E-state index < -0.39 is 0 Å². The average molecular weight is 388 g/mol. The number of nitrogens with zero attached hydrogens (tertiary/aromatic N) is 5. The standard InChI is InChI=1S/C22H24N6O/c1-15-6-5-9-19(23-15)14-27-11-16-10-20-25-26-21(28(20)13-17(16)12-27)22(29)24-18-7-3-2-4-8-18/h2-9,16-17H,10-14H2,1H3,(H,24,29)/t16-,17+/m0/s1. The van der Waals surface area contributed by atoms with E-state index in [0.29, 0.717) is 17.7 Å². The molecule has 2 atom stereocenters. The third-order valence-electron chi connectivity index (χ3n) is 5.91. The highest BCUT2D eigenvalue weighted by Gasteiger charge is 2.39. The average Bonchev–Trinajstić information content (AvgIpc) is 3.29. The quantitative estimate of drug-likeness (QED) is 0.743. The van der Waals surface area contributed by atoms with E-state index in [0.717, 1.165) is 55.5 Å². The Kier molecular flexibility index (Phi) is 4.60. The second-order valence-electron chi connectivity index (χ2n) is 8.06. The molecular weight excluding hydrogens is 364 g/mol. The molecule has 1 amide bonds. The van der Waals surface area contributed by atoms with Gasteiger partial charge in [0.2, 0.25) is 5.82 Å². The van der Waals surface area contributed by atoms with Crippen molar-refractivity contribution in [3.8, 4) is 0 Å². The number of aryl methyl sites for hydroxylation is 1. The van der Waals surface area contributed by atoms with Gasteiger partial charge in [0, 0.05) is 44.0 Å². The van der Waals surface area contributed by atoms with Crippen LogP contribution in [0.2, 0.25) is 0 Å². The molecule has 0 bridgehead atoms. The number of rotatable bonds is 4. The molecule has 1 fully saturated rings. The van der Waals surface area contributed by atoms with Crippen LogP contribution in [0.4, 0.5) is 5.69 Å². The molecule has 5 rings (SSSR count). The maximum Gasteiger partial charge on any atom is 0.293 e. The number of anilines is 1. The first kappa shape index (κ1) is 18.0. The summed E-state index contributed by atoms with van der Waals surface area (Å²) in [5, 5.41) is 11.4. The minimum atomic E-state index is -0.202. The van der Waals surface area contributed by atoms with Gasteiger partial charge >= 0.3 is 0 Å². The third-order valence-corrected chi connectivity index (χ3v) is 5.91. The molecule has 2 aromatic heterocycles. The molecule has 1 saturated heterocycles. The number of benzene rings is 1. The van der Waals surface area contributed by atoms with Crippen LogP contribution in [-0.2, 0) is 19.5 Å². The van der Waals surface area contributed by atoms with Crippen molar-refractivity contribution in [2.24, 2.45) is 11.8 Å². The molecule has 0 spiro atoms. The lowest BCUT2D eigenvalue weighted by atomic mass is 9.89. The Morgan fingerprint density at radius 3 is 2.69 bits per heavy atom. The Balaban J connectivity index is 1.28. The van der Waals surface area contributed by atoms with Crippen LogP contribution in [0.15, 0.2) is 48.5 Å². The number of likely N-dealkylation sites (tertiary alicyclic amines) is 1. The van der Waals surface area contributed by atoms with Gasteiger partial charge in [-0.1, -0.05) is 24.3 Å². The maximum atomic E-state index is 12.7. The number of pyridine rings is 1.